The Bertz CT molecular complexity index is 1480. The molecule has 1 atom stereocenters. The van der Waals surface area contributed by atoms with Crippen LogP contribution in [0.3, 0.4) is 0 Å². The van der Waals surface area contributed by atoms with Crippen molar-refractivity contribution < 1.29 is 46.0 Å². The van der Waals surface area contributed by atoms with E-state index in [1.807, 2.05) is 0 Å². The Balaban J connectivity index is 0.00000294. The van der Waals surface area contributed by atoms with E-state index in [9.17, 15) is 31.7 Å². The Hall–Kier alpha value is 0.173. The van der Waals surface area contributed by atoms with Crippen LogP contribution in [0.4, 0.5) is 28.5 Å². The van der Waals surface area contributed by atoms with Gasteiger partial charge in [-0.25, -0.2) is 18.9 Å². The second-order valence-electron chi connectivity index (χ2n) is 8.37. The van der Waals surface area contributed by atoms with Crippen LogP contribution in [-0.4, -0.2) is 147 Å². The van der Waals surface area contributed by atoms with E-state index in [4.69, 9.17) is 21.4 Å². The molecule has 1 saturated heterocycles. The molecule has 4 rings (SSSR count). The van der Waals surface area contributed by atoms with E-state index in [1.54, 1.807) is 4.90 Å². The number of amides is 1. The number of piperidine rings is 1. The molecule has 3 heterocycles. The molecule has 1 unspecified atom stereocenters. The summed E-state index contributed by atoms with van der Waals surface area (Å²) in [5.74, 6) is -3.81. The molecule has 1 aliphatic rings. The molecule has 2 aromatic heterocycles. The number of phosphoric acid groups is 1. The number of alkyl halides is 3. The molecule has 0 saturated carbocycles. The number of carbonyl (C=O) groups is 2. The van der Waals surface area contributed by atoms with Crippen molar-refractivity contribution in [3.05, 3.63) is 57.8 Å². The van der Waals surface area contributed by atoms with Gasteiger partial charge in [0.15, 0.2) is 5.13 Å². The molecule has 3 aromatic rings. The molecule has 1 fully saturated rings. The third-order valence-electron chi connectivity index (χ3n) is 5.65. The first kappa shape index (κ1) is 37.4. The summed E-state index contributed by atoms with van der Waals surface area (Å²) in [6, 6.07) is 4.12. The molecule has 3 N–H and O–H groups in total. The van der Waals surface area contributed by atoms with Crippen LogP contribution in [0.15, 0.2) is 35.8 Å². The molecular formula is C22H20ClF4K2N4O6PS. The molecule has 19 heteroatoms. The number of nitrogens with one attached hydrogen (secondary N) is 1. The summed E-state index contributed by atoms with van der Waals surface area (Å²) in [6.07, 6.45) is -2.85. The number of halogens is 5. The second-order valence-corrected chi connectivity index (χ2v) is 10.8. The van der Waals surface area contributed by atoms with Gasteiger partial charge in [0.2, 0.25) is 0 Å². The summed E-state index contributed by atoms with van der Waals surface area (Å²) in [7, 11) is -4.99. The molecule has 212 valence electrons. The van der Waals surface area contributed by atoms with Crippen molar-refractivity contribution in [2.24, 2.45) is 5.92 Å². The van der Waals surface area contributed by atoms with Gasteiger partial charge >= 0.3 is 123 Å². The van der Waals surface area contributed by atoms with Crippen LogP contribution in [0.25, 0.3) is 11.3 Å². The van der Waals surface area contributed by atoms with Gasteiger partial charge in [-0.2, -0.15) is 13.2 Å². The number of hydrogen-bond donors (Lipinski definition) is 3. The molecule has 1 aliphatic heterocycles. The van der Waals surface area contributed by atoms with Crippen LogP contribution in [0, 0.1) is 11.7 Å². The zero-order valence-corrected chi connectivity index (χ0v) is 22.0. The van der Waals surface area contributed by atoms with E-state index in [0.29, 0.717) is 25.5 Å². The van der Waals surface area contributed by atoms with Crippen molar-refractivity contribution in [3.8, 4) is 11.3 Å². The molecule has 0 spiro atoms. The average Bonchev–Trinajstić information content (AvgIpc) is 3.30. The van der Waals surface area contributed by atoms with Crippen molar-refractivity contribution in [2.75, 3.05) is 23.3 Å². The Kier molecular flexibility index (Phi) is 14.1. The summed E-state index contributed by atoms with van der Waals surface area (Å²) in [4.78, 5) is 52.3. The van der Waals surface area contributed by atoms with Crippen LogP contribution < -0.4 is 10.2 Å². The zero-order chi connectivity index (χ0) is 28.5. The Labute approximate surface area is 324 Å². The van der Waals surface area contributed by atoms with Crippen molar-refractivity contribution >= 4 is 156 Å². The van der Waals surface area contributed by atoms with Gasteiger partial charge in [0.1, 0.15) is 11.6 Å². The Morgan fingerprint density at radius 2 is 1.95 bits per heavy atom. The van der Waals surface area contributed by atoms with Gasteiger partial charge in [-0.05, 0) is 31.0 Å². The Morgan fingerprint density at radius 3 is 2.59 bits per heavy atom. The molecule has 0 aliphatic carbocycles. The molecule has 10 nitrogen and oxygen atoms in total. The van der Waals surface area contributed by atoms with Crippen molar-refractivity contribution in [3.63, 3.8) is 0 Å². The number of benzene rings is 1. The van der Waals surface area contributed by atoms with Crippen LogP contribution in [0.2, 0.25) is 5.02 Å². The van der Waals surface area contributed by atoms with Crippen LogP contribution in [0.5, 0.6) is 0 Å². The molecule has 1 aromatic carbocycles. The first-order valence-electron chi connectivity index (χ1n) is 11.1. The number of anilines is 2. The maximum absolute atomic E-state index is 14.4. The zero-order valence-electron chi connectivity index (χ0n) is 19.5. The fraction of sp³-hybridized carbons (Fsp3) is 0.273. The van der Waals surface area contributed by atoms with Gasteiger partial charge in [0, 0.05) is 30.2 Å². The van der Waals surface area contributed by atoms with E-state index in [-0.39, 0.29) is 142 Å². The van der Waals surface area contributed by atoms with Gasteiger partial charge < -0.3 is 9.42 Å². The quantitative estimate of drug-likeness (QED) is 0.200. The van der Waals surface area contributed by atoms with Gasteiger partial charge in [-0.1, -0.05) is 17.7 Å². The second kappa shape index (κ2) is 15.4. The number of aromatic nitrogens is 2. The number of rotatable bonds is 6. The van der Waals surface area contributed by atoms with E-state index in [0.717, 1.165) is 23.5 Å². The Morgan fingerprint density at radius 1 is 1.24 bits per heavy atom. The first-order valence-corrected chi connectivity index (χ1v) is 13.8. The number of hydrogen-bond acceptors (Lipinski definition) is 8. The summed E-state index contributed by atoms with van der Waals surface area (Å²) >= 11 is 7.20. The molecule has 41 heavy (non-hydrogen) atoms. The number of nitrogens with zero attached hydrogens (tertiary/aromatic N) is 3. The standard InChI is InChI=1S/C22H18ClF4N4O6PS.2K.2H/c23-15-7-12(8-28-18(15)31-6-2-3-11(9-31)20(33)37-38(34,35)36)19(32)30-21-29-16(10-39-21)13-4-1-5-14(17(13)24)22(25,26)27;;;;/h1,4-5,7-8,10-11H,2-3,6,9H2,(H,29,30,32)(H2,34,35,36);;;;. The van der Waals surface area contributed by atoms with Gasteiger partial charge in [0.25, 0.3) is 5.91 Å². The predicted molar refractivity (Wildman–Crippen MR) is 147 cm³/mol. The molecule has 1 amide bonds. The van der Waals surface area contributed by atoms with E-state index < -0.39 is 43.2 Å². The summed E-state index contributed by atoms with van der Waals surface area (Å²) in [6.45, 7) is 0.469. The summed E-state index contributed by atoms with van der Waals surface area (Å²) in [5, 5.41) is 3.81. The monoisotopic (exact) mass is 688 g/mol. The minimum atomic E-state index is -4.99. The van der Waals surface area contributed by atoms with Gasteiger partial charge in [-0.15, -0.1) is 11.3 Å². The third kappa shape index (κ3) is 9.83. The average molecular weight is 689 g/mol. The molecule has 0 bridgehead atoms. The minimum absolute atomic E-state index is 0. The first-order chi connectivity index (χ1) is 18.2. The van der Waals surface area contributed by atoms with Crippen LogP contribution in [0.1, 0.15) is 28.8 Å². The van der Waals surface area contributed by atoms with Crippen molar-refractivity contribution in [2.45, 2.75) is 19.0 Å². The predicted octanol–water partition coefficient (Wildman–Crippen LogP) is 3.82. The van der Waals surface area contributed by atoms with Gasteiger partial charge in [0.05, 0.1) is 27.8 Å². The van der Waals surface area contributed by atoms with E-state index >= 15 is 0 Å². The number of phosphoric ester groups is 1. The maximum atomic E-state index is 14.4. The third-order valence-corrected chi connectivity index (χ3v) is 7.11. The molecule has 0 radical (unpaired) electrons. The summed E-state index contributed by atoms with van der Waals surface area (Å²) < 4.78 is 68.6. The van der Waals surface area contributed by atoms with E-state index in [2.05, 4.69) is 19.8 Å². The molecular weight excluding hydrogens is 669 g/mol. The fourth-order valence-corrected chi connectivity index (χ4v) is 5.29. The van der Waals surface area contributed by atoms with Crippen LogP contribution in [-0.2, 0) is 20.1 Å². The van der Waals surface area contributed by atoms with Gasteiger partial charge in [-0.3, -0.25) is 24.7 Å². The number of pyridine rings is 1. The SMILES string of the molecule is O=C(Nc1nc(-c2cccc(C(F)(F)F)c2F)cs1)c1cnc(N2CCCC(C(=O)OP(=O)(O)O)C2)c(Cl)c1.[KH].[KH]. The van der Waals surface area contributed by atoms with Crippen molar-refractivity contribution in [1.29, 1.82) is 0 Å². The van der Waals surface area contributed by atoms with E-state index in [1.165, 1.54) is 17.6 Å². The fourth-order valence-electron chi connectivity index (χ4n) is 3.91. The number of thiazole rings is 1. The topological polar surface area (TPSA) is 142 Å². The normalized spacial score (nSPS) is 15.4. The van der Waals surface area contributed by atoms with Crippen molar-refractivity contribution in [1.82, 2.24) is 9.97 Å². The number of carbonyl (C=O) groups excluding carboxylic acids is 2. The summed E-state index contributed by atoms with van der Waals surface area (Å²) in [5.41, 5.74) is -1.89. The van der Waals surface area contributed by atoms with Crippen LogP contribution >= 0.6 is 30.8 Å².